The maximum absolute atomic E-state index is 11.4. The normalized spacial score (nSPS) is 10.1. The van der Waals surface area contributed by atoms with Crippen molar-refractivity contribution in [3.8, 4) is 0 Å². The van der Waals surface area contributed by atoms with Gasteiger partial charge in [-0.15, -0.1) is 0 Å². The van der Waals surface area contributed by atoms with Crippen LogP contribution in [0.4, 0.5) is 0 Å². The van der Waals surface area contributed by atoms with Crippen LogP contribution in [0.3, 0.4) is 0 Å². The number of rotatable bonds is 7. The van der Waals surface area contributed by atoms with Gasteiger partial charge in [0.2, 0.25) is 5.91 Å². The molecule has 0 radical (unpaired) electrons. The SMILES string of the molecule is CC(C)NC(=O)Cc1cccnc1.CC(C)NC(=O)c1cccc(Cl)n1.CC(C)NC(=O)c1ccnc(Cl)c1. The van der Waals surface area contributed by atoms with Crippen LogP contribution in [0, 0.1) is 0 Å². The summed E-state index contributed by atoms with van der Waals surface area (Å²) in [5.74, 6) is -0.278. The average Bonchev–Trinajstić information content (AvgIpc) is 2.84. The lowest BCUT2D eigenvalue weighted by molar-refractivity contribution is -0.120. The number of nitrogens with one attached hydrogen (secondary N) is 3. The summed E-state index contributed by atoms with van der Waals surface area (Å²) >= 11 is 11.3. The van der Waals surface area contributed by atoms with Gasteiger partial charge in [-0.05, 0) is 77.4 Å². The minimum absolute atomic E-state index is 0.0444. The van der Waals surface area contributed by atoms with Crippen LogP contribution in [0.1, 0.15) is 68.0 Å². The molecule has 3 heterocycles. The molecule has 0 saturated heterocycles. The Balaban J connectivity index is 0.000000292. The fourth-order valence-electron chi connectivity index (χ4n) is 2.82. The molecular weight excluding hydrogens is 539 g/mol. The van der Waals surface area contributed by atoms with Gasteiger partial charge in [0, 0.05) is 42.3 Å². The zero-order chi connectivity index (χ0) is 29.4. The van der Waals surface area contributed by atoms with E-state index >= 15 is 0 Å². The molecule has 0 spiro atoms. The predicted octanol–water partition coefficient (Wildman–Crippen LogP) is 4.90. The molecule has 3 aromatic heterocycles. The molecule has 0 atom stereocenters. The molecule has 3 aromatic rings. The summed E-state index contributed by atoms with van der Waals surface area (Å²) in [6, 6.07) is 12.3. The molecule has 11 heteroatoms. The Morgan fingerprint density at radius 2 is 1.41 bits per heavy atom. The number of nitrogens with zero attached hydrogens (tertiary/aromatic N) is 3. The lowest BCUT2D eigenvalue weighted by atomic mass is 10.2. The molecule has 0 fully saturated rings. The second-order valence-corrected chi connectivity index (χ2v) is 10.0. The van der Waals surface area contributed by atoms with E-state index in [2.05, 4.69) is 30.9 Å². The van der Waals surface area contributed by atoms with Crippen molar-refractivity contribution in [3.05, 3.63) is 88.2 Å². The molecule has 0 aliphatic carbocycles. The number of hydrogen-bond donors (Lipinski definition) is 3. The first-order chi connectivity index (χ1) is 18.4. The molecule has 0 saturated carbocycles. The van der Waals surface area contributed by atoms with Crippen molar-refractivity contribution >= 4 is 40.9 Å². The van der Waals surface area contributed by atoms with Crippen LogP contribution in [-0.2, 0) is 11.2 Å². The quantitative estimate of drug-likeness (QED) is 0.345. The fourth-order valence-corrected chi connectivity index (χ4v) is 3.16. The summed E-state index contributed by atoms with van der Waals surface area (Å²) < 4.78 is 0. The summed E-state index contributed by atoms with van der Waals surface area (Å²) in [6.07, 6.45) is 5.33. The lowest BCUT2D eigenvalue weighted by Crippen LogP contribution is -2.31. The van der Waals surface area contributed by atoms with Gasteiger partial charge in [0.15, 0.2) is 0 Å². The molecular formula is C28H36Cl2N6O3. The minimum atomic E-state index is -0.197. The van der Waals surface area contributed by atoms with Crippen LogP contribution in [0.2, 0.25) is 10.3 Å². The van der Waals surface area contributed by atoms with E-state index < -0.39 is 0 Å². The third kappa shape index (κ3) is 15.4. The lowest BCUT2D eigenvalue weighted by Gasteiger charge is -2.07. The van der Waals surface area contributed by atoms with E-state index in [1.54, 1.807) is 42.7 Å². The third-order valence-corrected chi connectivity index (χ3v) is 4.73. The van der Waals surface area contributed by atoms with Gasteiger partial charge >= 0.3 is 0 Å². The molecule has 3 rings (SSSR count). The Morgan fingerprint density at radius 1 is 0.769 bits per heavy atom. The number of carbonyl (C=O) groups excluding carboxylic acids is 3. The van der Waals surface area contributed by atoms with Gasteiger partial charge in [0.1, 0.15) is 16.0 Å². The number of aromatic nitrogens is 3. The van der Waals surface area contributed by atoms with Gasteiger partial charge in [-0.2, -0.15) is 0 Å². The largest absolute Gasteiger partial charge is 0.354 e. The maximum Gasteiger partial charge on any atom is 0.270 e. The predicted molar refractivity (Wildman–Crippen MR) is 155 cm³/mol. The van der Waals surface area contributed by atoms with Crippen LogP contribution in [0.5, 0.6) is 0 Å². The number of hydrogen-bond acceptors (Lipinski definition) is 6. The maximum atomic E-state index is 11.4. The van der Waals surface area contributed by atoms with Crippen LogP contribution in [0.25, 0.3) is 0 Å². The van der Waals surface area contributed by atoms with Crippen molar-refractivity contribution in [1.29, 1.82) is 0 Å². The van der Waals surface area contributed by atoms with Gasteiger partial charge < -0.3 is 16.0 Å². The number of halogens is 2. The highest BCUT2D eigenvalue weighted by Crippen LogP contribution is 2.07. The zero-order valence-corrected chi connectivity index (χ0v) is 24.5. The summed E-state index contributed by atoms with van der Waals surface area (Å²) in [5, 5.41) is 8.97. The molecule has 0 bridgehead atoms. The van der Waals surface area contributed by atoms with Crippen molar-refractivity contribution in [2.24, 2.45) is 0 Å². The third-order valence-electron chi connectivity index (χ3n) is 4.31. The smallest absolute Gasteiger partial charge is 0.270 e. The first-order valence-corrected chi connectivity index (χ1v) is 13.2. The molecule has 39 heavy (non-hydrogen) atoms. The van der Waals surface area contributed by atoms with E-state index in [1.165, 1.54) is 6.20 Å². The Kier molecular flexibility index (Phi) is 15.3. The van der Waals surface area contributed by atoms with Crippen molar-refractivity contribution in [1.82, 2.24) is 30.9 Å². The van der Waals surface area contributed by atoms with E-state index in [0.29, 0.717) is 28.0 Å². The molecule has 0 aromatic carbocycles. The summed E-state index contributed by atoms with van der Waals surface area (Å²) in [5.41, 5.74) is 1.83. The first-order valence-electron chi connectivity index (χ1n) is 12.4. The molecule has 9 nitrogen and oxygen atoms in total. The number of carbonyl (C=O) groups is 3. The molecule has 3 N–H and O–H groups in total. The highest BCUT2D eigenvalue weighted by atomic mass is 35.5. The topological polar surface area (TPSA) is 126 Å². The summed E-state index contributed by atoms with van der Waals surface area (Å²) in [6.45, 7) is 11.5. The highest BCUT2D eigenvalue weighted by Gasteiger charge is 2.08. The summed E-state index contributed by atoms with van der Waals surface area (Å²) in [7, 11) is 0. The van der Waals surface area contributed by atoms with E-state index in [0.717, 1.165) is 5.56 Å². The standard InChI is InChI=1S/C10H14N2O.2C9H11ClN2O/c1-8(2)12-10(13)6-9-4-3-5-11-7-9;1-6(2)12-9(13)7-3-4-11-8(10)5-7;1-6(2)11-9(13)7-4-3-5-8(10)12-7/h3-5,7-8H,6H2,1-2H3,(H,12,13);3-6H,1-2H3,(H,12,13);3-6H,1-2H3,(H,11,13). The van der Waals surface area contributed by atoms with Crippen molar-refractivity contribution in [2.45, 2.75) is 66.1 Å². The Morgan fingerprint density at radius 3 is 1.95 bits per heavy atom. The van der Waals surface area contributed by atoms with Gasteiger partial charge in [-0.25, -0.2) is 9.97 Å². The second kappa shape index (κ2) is 17.9. The summed E-state index contributed by atoms with van der Waals surface area (Å²) in [4.78, 5) is 45.7. The molecule has 0 aliphatic rings. The van der Waals surface area contributed by atoms with E-state index in [9.17, 15) is 14.4 Å². The van der Waals surface area contributed by atoms with Gasteiger partial charge in [-0.1, -0.05) is 35.3 Å². The Hall–Kier alpha value is -3.56. The fraction of sp³-hybridized carbons (Fsp3) is 0.357. The average molecular weight is 576 g/mol. The van der Waals surface area contributed by atoms with Crippen LogP contribution >= 0.6 is 23.2 Å². The van der Waals surface area contributed by atoms with Crippen molar-refractivity contribution in [3.63, 3.8) is 0 Å². The van der Waals surface area contributed by atoms with Crippen LogP contribution in [0.15, 0.2) is 61.1 Å². The second-order valence-electron chi connectivity index (χ2n) is 9.23. The van der Waals surface area contributed by atoms with Gasteiger partial charge in [-0.3, -0.25) is 19.4 Å². The number of pyridine rings is 3. The van der Waals surface area contributed by atoms with E-state index in [1.807, 2.05) is 53.7 Å². The first kappa shape index (κ1) is 33.5. The molecule has 210 valence electrons. The minimum Gasteiger partial charge on any atom is -0.354 e. The van der Waals surface area contributed by atoms with E-state index in [4.69, 9.17) is 23.2 Å². The van der Waals surface area contributed by atoms with Crippen LogP contribution in [-0.4, -0.2) is 50.8 Å². The Labute approximate surface area is 240 Å². The molecule has 0 aliphatic heterocycles. The van der Waals surface area contributed by atoms with Gasteiger partial charge in [0.25, 0.3) is 11.8 Å². The highest BCUT2D eigenvalue weighted by molar-refractivity contribution is 6.30. The van der Waals surface area contributed by atoms with Crippen LogP contribution < -0.4 is 16.0 Å². The molecule has 3 amide bonds. The van der Waals surface area contributed by atoms with Crippen molar-refractivity contribution < 1.29 is 14.4 Å². The zero-order valence-electron chi connectivity index (χ0n) is 23.0. The van der Waals surface area contributed by atoms with Crippen molar-refractivity contribution in [2.75, 3.05) is 0 Å². The Bertz CT molecular complexity index is 1130. The monoisotopic (exact) mass is 574 g/mol. The number of amides is 3. The van der Waals surface area contributed by atoms with Gasteiger partial charge in [0.05, 0.1) is 6.42 Å². The van der Waals surface area contributed by atoms with E-state index in [-0.39, 0.29) is 35.8 Å². The molecule has 0 unspecified atom stereocenters.